The van der Waals surface area contributed by atoms with E-state index in [0.29, 0.717) is 24.5 Å². The molecule has 2 heterocycles. The number of rotatable bonds is 5. The number of anilines is 1. The minimum absolute atomic E-state index is 0.0384. The first-order valence-corrected chi connectivity index (χ1v) is 8.12. The molecule has 7 nitrogen and oxygen atoms in total. The highest BCUT2D eigenvalue weighted by Crippen LogP contribution is 2.27. The molecule has 25 heavy (non-hydrogen) atoms. The number of fused-ring (bicyclic) bond motifs is 1. The van der Waals surface area contributed by atoms with E-state index in [-0.39, 0.29) is 12.5 Å². The van der Waals surface area contributed by atoms with E-state index in [2.05, 4.69) is 20.8 Å². The average molecular weight is 335 g/mol. The Balaban J connectivity index is 1.45. The molecule has 7 heteroatoms. The van der Waals surface area contributed by atoms with Gasteiger partial charge in [0.25, 0.3) is 0 Å². The van der Waals surface area contributed by atoms with Crippen LogP contribution in [0, 0.1) is 0 Å². The maximum atomic E-state index is 11.5. The summed E-state index contributed by atoms with van der Waals surface area (Å²) in [5, 5.41) is 14.7. The molecule has 1 aliphatic heterocycles. The molecule has 126 valence electrons. The molecule has 1 aliphatic rings. The molecule has 1 aromatic heterocycles. The SMILES string of the molecule is O=C1CCc2ccc(OCc3nnnn3Cc3ccccc3)cc2N1. The summed E-state index contributed by atoms with van der Waals surface area (Å²) in [4.78, 5) is 11.5. The summed E-state index contributed by atoms with van der Waals surface area (Å²) in [5.74, 6) is 1.36. The van der Waals surface area contributed by atoms with Crippen molar-refractivity contribution in [2.24, 2.45) is 0 Å². The van der Waals surface area contributed by atoms with Gasteiger partial charge in [-0.25, -0.2) is 4.68 Å². The number of hydrogen-bond donors (Lipinski definition) is 1. The number of tetrazole rings is 1. The third kappa shape index (κ3) is 3.50. The smallest absolute Gasteiger partial charge is 0.224 e. The van der Waals surface area contributed by atoms with E-state index in [1.807, 2.05) is 48.5 Å². The molecule has 4 rings (SSSR count). The van der Waals surface area contributed by atoms with Gasteiger partial charge in [0, 0.05) is 18.2 Å². The van der Waals surface area contributed by atoms with Crippen molar-refractivity contribution >= 4 is 11.6 Å². The first-order chi connectivity index (χ1) is 12.3. The van der Waals surface area contributed by atoms with Crippen molar-refractivity contribution in [1.82, 2.24) is 20.2 Å². The van der Waals surface area contributed by atoms with E-state index in [1.165, 1.54) is 0 Å². The van der Waals surface area contributed by atoms with E-state index in [1.54, 1.807) is 4.68 Å². The summed E-state index contributed by atoms with van der Waals surface area (Å²) in [6, 6.07) is 15.7. The largest absolute Gasteiger partial charge is 0.485 e. The minimum Gasteiger partial charge on any atom is -0.485 e. The lowest BCUT2D eigenvalue weighted by Gasteiger charge is -2.17. The summed E-state index contributed by atoms with van der Waals surface area (Å²) >= 11 is 0. The van der Waals surface area contributed by atoms with E-state index in [4.69, 9.17) is 4.74 Å². The zero-order valence-corrected chi connectivity index (χ0v) is 13.6. The van der Waals surface area contributed by atoms with Crippen molar-refractivity contribution in [3.8, 4) is 5.75 Å². The predicted octanol–water partition coefficient (Wildman–Crippen LogP) is 2.19. The Bertz CT molecular complexity index is 891. The second-order valence-corrected chi connectivity index (χ2v) is 5.89. The molecule has 0 aliphatic carbocycles. The summed E-state index contributed by atoms with van der Waals surface area (Å²) in [6.45, 7) is 0.847. The second-order valence-electron chi connectivity index (χ2n) is 5.89. The molecule has 0 fully saturated rings. The molecular formula is C18H17N5O2. The zero-order valence-electron chi connectivity index (χ0n) is 13.6. The molecule has 0 unspecified atom stereocenters. The van der Waals surface area contributed by atoms with Gasteiger partial charge in [0.05, 0.1) is 6.54 Å². The Morgan fingerprint density at radius 1 is 1.12 bits per heavy atom. The number of nitrogens with zero attached hydrogens (tertiary/aromatic N) is 4. The Morgan fingerprint density at radius 3 is 2.88 bits per heavy atom. The molecule has 0 saturated carbocycles. The van der Waals surface area contributed by atoms with Crippen LogP contribution in [0.1, 0.15) is 23.4 Å². The van der Waals surface area contributed by atoms with E-state index >= 15 is 0 Å². The van der Waals surface area contributed by atoms with Crippen molar-refractivity contribution in [2.45, 2.75) is 26.0 Å². The number of ether oxygens (including phenoxy) is 1. The quantitative estimate of drug-likeness (QED) is 0.773. The van der Waals surface area contributed by atoms with Crippen molar-refractivity contribution in [2.75, 3.05) is 5.32 Å². The molecule has 1 N–H and O–H groups in total. The van der Waals surface area contributed by atoms with E-state index < -0.39 is 0 Å². The predicted molar refractivity (Wildman–Crippen MR) is 91.1 cm³/mol. The number of benzene rings is 2. The molecule has 0 atom stereocenters. The standard InChI is InChI=1S/C18H17N5O2/c24-18-9-7-14-6-8-15(10-16(14)19-18)25-12-17-20-21-22-23(17)11-13-4-2-1-3-5-13/h1-6,8,10H,7,9,11-12H2,(H,19,24). The minimum atomic E-state index is 0.0384. The molecule has 0 spiro atoms. The first-order valence-electron chi connectivity index (χ1n) is 8.12. The third-order valence-electron chi connectivity index (χ3n) is 4.13. The number of carbonyl (C=O) groups is 1. The van der Waals surface area contributed by atoms with Crippen LogP contribution in [0.3, 0.4) is 0 Å². The van der Waals surface area contributed by atoms with Gasteiger partial charge >= 0.3 is 0 Å². The third-order valence-corrected chi connectivity index (χ3v) is 4.13. The zero-order chi connectivity index (χ0) is 17.1. The van der Waals surface area contributed by atoms with Crippen molar-refractivity contribution in [1.29, 1.82) is 0 Å². The van der Waals surface area contributed by atoms with Crippen LogP contribution >= 0.6 is 0 Å². The highest BCUT2D eigenvalue weighted by molar-refractivity contribution is 5.94. The van der Waals surface area contributed by atoms with Crippen LogP contribution in [0.15, 0.2) is 48.5 Å². The van der Waals surface area contributed by atoms with Crippen LogP contribution in [0.4, 0.5) is 5.69 Å². The molecule has 0 bridgehead atoms. The van der Waals surface area contributed by atoms with Gasteiger partial charge in [-0.2, -0.15) is 0 Å². The number of hydrogen-bond acceptors (Lipinski definition) is 5. The van der Waals surface area contributed by atoms with Gasteiger partial charge in [-0.15, -0.1) is 5.10 Å². The Hall–Kier alpha value is -3.22. The van der Waals surface area contributed by atoms with Gasteiger partial charge in [0.1, 0.15) is 12.4 Å². The second kappa shape index (κ2) is 6.72. The Morgan fingerprint density at radius 2 is 2.00 bits per heavy atom. The maximum Gasteiger partial charge on any atom is 0.224 e. The van der Waals surface area contributed by atoms with Crippen LogP contribution in [0.25, 0.3) is 0 Å². The van der Waals surface area contributed by atoms with Crippen LogP contribution in [0.2, 0.25) is 0 Å². The fourth-order valence-electron chi connectivity index (χ4n) is 2.79. The van der Waals surface area contributed by atoms with Crippen molar-refractivity contribution in [3.63, 3.8) is 0 Å². The van der Waals surface area contributed by atoms with Crippen LogP contribution in [-0.4, -0.2) is 26.1 Å². The summed E-state index contributed by atoms with van der Waals surface area (Å²) in [7, 11) is 0. The van der Waals surface area contributed by atoms with Gasteiger partial charge in [-0.1, -0.05) is 36.4 Å². The number of aromatic nitrogens is 4. The van der Waals surface area contributed by atoms with Gasteiger partial charge < -0.3 is 10.1 Å². The van der Waals surface area contributed by atoms with Crippen LogP contribution in [0.5, 0.6) is 5.75 Å². The monoisotopic (exact) mass is 335 g/mol. The first kappa shape index (κ1) is 15.3. The lowest BCUT2D eigenvalue weighted by atomic mass is 10.0. The maximum absolute atomic E-state index is 11.5. The molecule has 3 aromatic rings. The Kier molecular flexibility index (Phi) is 4.12. The fourth-order valence-corrected chi connectivity index (χ4v) is 2.79. The summed E-state index contributed by atoms with van der Waals surface area (Å²) in [5.41, 5.74) is 3.06. The van der Waals surface area contributed by atoms with Gasteiger partial charge in [-0.05, 0) is 34.0 Å². The molecule has 1 amide bonds. The molecule has 0 saturated heterocycles. The summed E-state index contributed by atoms with van der Waals surface area (Å²) in [6.07, 6.45) is 1.29. The Labute approximate surface area is 144 Å². The molecule has 2 aromatic carbocycles. The lowest BCUT2D eigenvalue weighted by Crippen LogP contribution is -2.18. The van der Waals surface area contributed by atoms with Gasteiger partial charge in [0.15, 0.2) is 5.82 Å². The van der Waals surface area contributed by atoms with E-state index in [9.17, 15) is 4.79 Å². The summed E-state index contributed by atoms with van der Waals surface area (Å²) < 4.78 is 7.53. The highest BCUT2D eigenvalue weighted by Gasteiger charge is 2.15. The molecule has 0 radical (unpaired) electrons. The average Bonchev–Trinajstić information content (AvgIpc) is 3.07. The highest BCUT2D eigenvalue weighted by atomic mass is 16.5. The van der Waals surface area contributed by atoms with Crippen LogP contribution < -0.4 is 10.1 Å². The van der Waals surface area contributed by atoms with Crippen molar-refractivity contribution in [3.05, 3.63) is 65.5 Å². The number of nitrogens with one attached hydrogen (secondary N) is 1. The number of carbonyl (C=O) groups excluding carboxylic acids is 1. The fraction of sp³-hybridized carbons (Fsp3) is 0.222. The molecular weight excluding hydrogens is 318 g/mol. The number of aryl methyl sites for hydroxylation is 1. The number of amides is 1. The van der Waals surface area contributed by atoms with Gasteiger partial charge in [0.2, 0.25) is 5.91 Å². The van der Waals surface area contributed by atoms with Gasteiger partial charge in [-0.3, -0.25) is 4.79 Å². The normalized spacial score (nSPS) is 13.2. The van der Waals surface area contributed by atoms with Crippen LogP contribution in [-0.2, 0) is 24.4 Å². The van der Waals surface area contributed by atoms with Crippen molar-refractivity contribution < 1.29 is 9.53 Å². The lowest BCUT2D eigenvalue weighted by molar-refractivity contribution is -0.116. The topological polar surface area (TPSA) is 81.9 Å². The van der Waals surface area contributed by atoms with E-state index in [0.717, 1.165) is 23.2 Å².